The van der Waals surface area contributed by atoms with Crippen LogP contribution in [0, 0.1) is 0 Å². The molecule has 0 amide bonds. The summed E-state index contributed by atoms with van der Waals surface area (Å²) in [5.74, 6) is 1.80. The molecule has 28 heavy (non-hydrogen) atoms. The summed E-state index contributed by atoms with van der Waals surface area (Å²) in [5.41, 5.74) is 7.41. The minimum atomic E-state index is 0.133. The molecule has 0 aliphatic heterocycles. The van der Waals surface area contributed by atoms with Gasteiger partial charge < -0.3 is 15.5 Å². The Bertz CT molecular complexity index is 1090. The number of thioether (sulfide) groups is 1. The van der Waals surface area contributed by atoms with E-state index < -0.39 is 0 Å². The molecule has 0 spiro atoms. The molecule has 0 unspecified atom stereocenters. The van der Waals surface area contributed by atoms with Crippen molar-refractivity contribution in [3.63, 3.8) is 0 Å². The van der Waals surface area contributed by atoms with E-state index in [9.17, 15) is 0 Å². The Kier molecular flexibility index (Phi) is 5.36. The summed E-state index contributed by atoms with van der Waals surface area (Å²) in [6.07, 6.45) is 0. The maximum Gasteiger partial charge on any atom is 0.277 e. The topological polar surface area (TPSA) is 116 Å². The molecule has 3 N–H and O–H groups in total. The van der Waals surface area contributed by atoms with Crippen molar-refractivity contribution in [1.29, 1.82) is 0 Å². The Balaban J connectivity index is 1.45. The van der Waals surface area contributed by atoms with Crippen molar-refractivity contribution in [2.24, 2.45) is 0 Å². The van der Waals surface area contributed by atoms with Gasteiger partial charge in [0.25, 0.3) is 5.22 Å². The second-order valence-electron chi connectivity index (χ2n) is 5.60. The van der Waals surface area contributed by atoms with Crippen LogP contribution >= 0.6 is 23.4 Å². The van der Waals surface area contributed by atoms with Crippen LogP contribution in [-0.2, 0) is 5.75 Å². The van der Waals surface area contributed by atoms with Crippen LogP contribution in [0.4, 0.5) is 17.6 Å². The lowest BCUT2D eigenvalue weighted by atomic mass is 10.2. The van der Waals surface area contributed by atoms with E-state index >= 15 is 0 Å². The first kappa shape index (κ1) is 18.2. The third-order valence-corrected chi connectivity index (χ3v) is 4.58. The Morgan fingerprint density at radius 3 is 2.68 bits per heavy atom. The van der Waals surface area contributed by atoms with Gasteiger partial charge in [-0.15, -0.1) is 10.2 Å². The second-order valence-corrected chi connectivity index (χ2v) is 6.96. The number of hydrogen-bond donors (Lipinski definition) is 2. The zero-order valence-electron chi connectivity index (χ0n) is 14.4. The van der Waals surface area contributed by atoms with Gasteiger partial charge in [-0.25, -0.2) is 0 Å². The van der Waals surface area contributed by atoms with Crippen LogP contribution in [0.25, 0.3) is 11.5 Å². The molecule has 0 saturated carbocycles. The maximum absolute atomic E-state index is 6.00. The van der Waals surface area contributed by atoms with Crippen molar-refractivity contribution in [2.75, 3.05) is 11.1 Å². The van der Waals surface area contributed by atoms with Crippen LogP contribution in [0.1, 0.15) is 5.82 Å². The van der Waals surface area contributed by atoms with Crippen LogP contribution in [0.2, 0.25) is 5.02 Å². The zero-order valence-corrected chi connectivity index (χ0v) is 16.0. The van der Waals surface area contributed by atoms with Crippen LogP contribution in [-0.4, -0.2) is 25.1 Å². The molecule has 0 saturated heterocycles. The molecular weight excluding hydrogens is 398 g/mol. The predicted octanol–water partition coefficient (Wildman–Crippen LogP) is 4.19. The summed E-state index contributed by atoms with van der Waals surface area (Å²) in [6.45, 7) is 0. The lowest BCUT2D eigenvalue weighted by Gasteiger charge is -2.06. The van der Waals surface area contributed by atoms with Gasteiger partial charge in [0.2, 0.25) is 17.8 Å². The molecule has 10 heteroatoms. The molecule has 0 bridgehead atoms. The predicted molar refractivity (Wildman–Crippen MR) is 108 cm³/mol. The number of hydrogen-bond acceptors (Lipinski definition) is 9. The molecule has 0 aliphatic carbocycles. The van der Waals surface area contributed by atoms with E-state index in [0.29, 0.717) is 33.7 Å². The Labute approximate surface area is 169 Å². The number of nitrogen functional groups attached to an aromatic ring is 1. The van der Waals surface area contributed by atoms with Gasteiger partial charge in [0.05, 0.1) is 5.75 Å². The minimum absolute atomic E-state index is 0.133. The van der Waals surface area contributed by atoms with E-state index in [4.69, 9.17) is 21.8 Å². The molecular formula is C18H14ClN7OS. The quantitative estimate of drug-likeness (QED) is 0.450. The molecule has 0 radical (unpaired) electrons. The fourth-order valence-electron chi connectivity index (χ4n) is 2.34. The highest BCUT2D eigenvalue weighted by Gasteiger charge is 2.12. The first-order valence-electron chi connectivity index (χ1n) is 8.20. The first-order chi connectivity index (χ1) is 13.7. The third kappa shape index (κ3) is 4.56. The minimum Gasteiger partial charge on any atom is -0.411 e. The third-order valence-electron chi connectivity index (χ3n) is 3.53. The average molecular weight is 412 g/mol. The number of para-hydroxylation sites is 1. The van der Waals surface area contributed by atoms with E-state index in [1.807, 2.05) is 42.5 Å². The smallest absolute Gasteiger partial charge is 0.277 e. The highest BCUT2D eigenvalue weighted by molar-refractivity contribution is 7.98. The van der Waals surface area contributed by atoms with Crippen molar-refractivity contribution < 1.29 is 4.42 Å². The van der Waals surface area contributed by atoms with Crippen molar-refractivity contribution >= 4 is 40.9 Å². The molecule has 2 heterocycles. The van der Waals surface area contributed by atoms with Crippen molar-refractivity contribution in [3.8, 4) is 11.5 Å². The van der Waals surface area contributed by atoms with E-state index in [1.54, 1.807) is 12.1 Å². The summed E-state index contributed by atoms with van der Waals surface area (Å²) in [4.78, 5) is 12.6. The van der Waals surface area contributed by atoms with Crippen molar-refractivity contribution in [2.45, 2.75) is 11.0 Å². The number of nitrogens with two attached hydrogens (primary N) is 1. The summed E-state index contributed by atoms with van der Waals surface area (Å²) in [7, 11) is 0. The van der Waals surface area contributed by atoms with Gasteiger partial charge in [0.1, 0.15) is 5.82 Å². The molecule has 0 atom stereocenters. The highest BCUT2D eigenvalue weighted by atomic mass is 35.5. The summed E-state index contributed by atoms with van der Waals surface area (Å²) in [6, 6.07) is 16.8. The molecule has 4 rings (SSSR count). The molecule has 2 aromatic carbocycles. The maximum atomic E-state index is 6.00. The van der Waals surface area contributed by atoms with Crippen molar-refractivity contribution in [1.82, 2.24) is 25.1 Å². The first-order valence-corrected chi connectivity index (χ1v) is 9.57. The Morgan fingerprint density at radius 1 is 1.00 bits per heavy atom. The zero-order chi connectivity index (χ0) is 19.3. The van der Waals surface area contributed by atoms with E-state index in [1.165, 1.54) is 11.8 Å². The molecule has 4 aromatic rings. The van der Waals surface area contributed by atoms with Crippen LogP contribution in [0.5, 0.6) is 0 Å². The number of nitrogens with zero attached hydrogens (tertiary/aromatic N) is 5. The lowest BCUT2D eigenvalue weighted by molar-refractivity contribution is 0.465. The molecule has 2 aromatic heterocycles. The fraction of sp³-hybridized carbons (Fsp3) is 0.0556. The van der Waals surface area contributed by atoms with Gasteiger partial charge in [-0.05, 0) is 30.3 Å². The highest BCUT2D eigenvalue weighted by Crippen LogP contribution is 2.26. The van der Waals surface area contributed by atoms with E-state index in [2.05, 4.69) is 30.5 Å². The lowest BCUT2D eigenvalue weighted by Crippen LogP contribution is -2.06. The molecule has 8 nitrogen and oxygen atoms in total. The summed E-state index contributed by atoms with van der Waals surface area (Å²) >= 11 is 7.30. The normalized spacial score (nSPS) is 10.8. The van der Waals surface area contributed by atoms with Crippen molar-refractivity contribution in [3.05, 3.63) is 65.4 Å². The Morgan fingerprint density at radius 2 is 1.86 bits per heavy atom. The van der Waals surface area contributed by atoms with Crippen LogP contribution in [0.3, 0.4) is 0 Å². The molecule has 140 valence electrons. The van der Waals surface area contributed by atoms with Gasteiger partial charge in [0.15, 0.2) is 0 Å². The number of anilines is 3. The standard InChI is InChI=1S/C18H14ClN7OS/c19-12-6-4-5-11(9-12)15-25-26-18(27-15)28-10-14-22-16(20)24-17(23-14)21-13-7-2-1-3-8-13/h1-9H,10H2,(H3,20,21,22,23,24). The van der Waals surface area contributed by atoms with Gasteiger partial charge in [0, 0.05) is 16.3 Å². The largest absolute Gasteiger partial charge is 0.411 e. The van der Waals surface area contributed by atoms with Gasteiger partial charge in [-0.1, -0.05) is 47.6 Å². The summed E-state index contributed by atoms with van der Waals surface area (Å²) in [5, 5.41) is 12.2. The van der Waals surface area contributed by atoms with Crippen LogP contribution in [0.15, 0.2) is 64.2 Å². The molecule has 0 fully saturated rings. The number of rotatable bonds is 6. The van der Waals surface area contributed by atoms with Gasteiger partial charge in [-0.2, -0.15) is 15.0 Å². The Hall–Kier alpha value is -3.17. The summed E-state index contributed by atoms with van der Waals surface area (Å²) < 4.78 is 5.67. The second kappa shape index (κ2) is 8.24. The average Bonchev–Trinajstić information content (AvgIpc) is 3.16. The number of nitrogens with one attached hydrogen (secondary N) is 1. The van der Waals surface area contributed by atoms with E-state index in [-0.39, 0.29) is 5.95 Å². The number of aromatic nitrogens is 5. The fourth-order valence-corrected chi connectivity index (χ4v) is 3.15. The van der Waals surface area contributed by atoms with E-state index in [0.717, 1.165) is 11.3 Å². The SMILES string of the molecule is Nc1nc(CSc2nnc(-c3cccc(Cl)c3)o2)nc(Nc2ccccc2)n1. The number of benzene rings is 2. The van der Waals surface area contributed by atoms with Gasteiger partial charge in [-0.3, -0.25) is 0 Å². The van der Waals surface area contributed by atoms with Crippen LogP contribution < -0.4 is 11.1 Å². The number of halogens is 1. The van der Waals surface area contributed by atoms with Gasteiger partial charge >= 0.3 is 0 Å². The monoisotopic (exact) mass is 411 g/mol. The molecule has 0 aliphatic rings.